The number of carbonyl (C=O) groups is 2. The smallest absolute Gasteiger partial charge is 0.227 e. The Kier molecular flexibility index (Phi) is 7.28. The number of nitrogens with zero attached hydrogens (tertiary/aromatic N) is 2. The standard InChI is InChI=1S/C24H31N3O2/c1-3-4-9-23(28)25-21-10-12-22(13-11-21)26-14-16-27(17-15-26)24(29)18-20-8-6-5-7-19(20)2/h5-8,10-13H,3-4,9,14-18H2,1-2H3,(H,25,28). The van der Waals surface area contributed by atoms with Crippen LogP contribution >= 0.6 is 0 Å². The lowest BCUT2D eigenvalue weighted by Gasteiger charge is -2.36. The number of anilines is 2. The van der Waals surface area contributed by atoms with Crippen LogP contribution in [0.2, 0.25) is 0 Å². The Hall–Kier alpha value is -2.82. The molecule has 0 atom stereocenters. The van der Waals surface area contributed by atoms with Crippen LogP contribution in [0.25, 0.3) is 0 Å². The van der Waals surface area contributed by atoms with Crippen LogP contribution in [0.3, 0.4) is 0 Å². The first kappa shape index (κ1) is 20.9. The third-order valence-corrected chi connectivity index (χ3v) is 5.51. The molecule has 154 valence electrons. The van der Waals surface area contributed by atoms with Gasteiger partial charge in [0.15, 0.2) is 0 Å². The zero-order valence-electron chi connectivity index (χ0n) is 17.5. The molecular formula is C24H31N3O2. The van der Waals surface area contributed by atoms with Crippen LogP contribution in [0.5, 0.6) is 0 Å². The van der Waals surface area contributed by atoms with Crippen molar-refractivity contribution >= 4 is 23.2 Å². The highest BCUT2D eigenvalue weighted by molar-refractivity contribution is 5.90. The molecule has 2 amide bonds. The summed E-state index contributed by atoms with van der Waals surface area (Å²) in [5.41, 5.74) is 4.24. The van der Waals surface area contributed by atoms with E-state index in [-0.39, 0.29) is 11.8 Å². The zero-order valence-corrected chi connectivity index (χ0v) is 17.5. The van der Waals surface area contributed by atoms with Crippen LogP contribution in [0, 0.1) is 6.92 Å². The van der Waals surface area contributed by atoms with Gasteiger partial charge in [-0.3, -0.25) is 9.59 Å². The van der Waals surface area contributed by atoms with E-state index in [1.54, 1.807) is 0 Å². The van der Waals surface area contributed by atoms with Crippen LogP contribution in [0.15, 0.2) is 48.5 Å². The van der Waals surface area contributed by atoms with E-state index in [0.29, 0.717) is 12.8 Å². The van der Waals surface area contributed by atoms with Crippen LogP contribution in [0.1, 0.15) is 37.3 Å². The van der Waals surface area contributed by atoms with E-state index in [2.05, 4.69) is 30.1 Å². The molecule has 2 aromatic carbocycles. The van der Waals surface area contributed by atoms with Crippen LogP contribution < -0.4 is 10.2 Å². The van der Waals surface area contributed by atoms with E-state index in [1.807, 2.05) is 47.4 Å². The van der Waals surface area contributed by atoms with Gasteiger partial charge in [-0.15, -0.1) is 0 Å². The lowest BCUT2D eigenvalue weighted by atomic mass is 10.1. The van der Waals surface area contributed by atoms with Crippen LogP contribution in [-0.4, -0.2) is 42.9 Å². The van der Waals surface area contributed by atoms with Crippen molar-refractivity contribution in [3.8, 4) is 0 Å². The molecule has 1 aliphatic heterocycles. The Morgan fingerprint density at radius 2 is 1.66 bits per heavy atom. The fourth-order valence-electron chi connectivity index (χ4n) is 3.61. The molecular weight excluding hydrogens is 362 g/mol. The highest BCUT2D eigenvalue weighted by Gasteiger charge is 2.21. The van der Waals surface area contributed by atoms with Gasteiger partial charge >= 0.3 is 0 Å². The van der Waals surface area contributed by atoms with E-state index >= 15 is 0 Å². The summed E-state index contributed by atoms with van der Waals surface area (Å²) in [6, 6.07) is 16.1. The lowest BCUT2D eigenvalue weighted by molar-refractivity contribution is -0.130. The van der Waals surface area contributed by atoms with Crippen molar-refractivity contribution in [1.29, 1.82) is 0 Å². The van der Waals surface area contributed by atoms with Crippen molar-refractivity contribution in [3.63, 3.8) is 0 Å². The SMILES string of the molecule is CCCCC(=O)Nc1ccc(N2CCN(C(=O)Cc3ccccc3C)CC2)cc1. The molecule has 0 aromatic heterocycles. The molecule has 5 heteroatoms. The van der Waals surface area contributed by atoms with Crippen LogP contribution in [-0.2, 0) is 16.0 Å². The third-order valence-electron chi connectivity index (χ3n) is 5.51. The summed E-state index contributed by atoms with van der Waals surface area (Å²) in [5, 5.41) is 2.95. The first-order chi connectivity index (χ1) is 14.1. The average Bonchev–Trinajstić information content (AvgIpc) is 2.74. The van der Waals surface area contributed by atoms with Crippen molar-refractivity contribution in [2.75, 3.05) is 36.4 Å². The zero-order chi connectivity index (χ0) is 20.6. The summed E-state index contributed by atoms with van der Waals surface area (Å²) < 4.78 is 0. The van der Waals surface area contributed by atoms with Crippen molar-refractivity contribution in [2.24, 2.45) is 0 Å². The van der Waals surface area contributed by atoms with Gasteiger partial charge in [0.05, 0.1) is 6.42 Å². The number of aryl methyl sites for hydroxylation is 1. The van der Waals surface area contributed by atoms with Gasteiger partial charge in [-0.25, -0.2) is 0 Å². The Bertz CT molecular complexity index is 824. The van der Waals surface area contributed by atoms with Gasteiger partial charge < -0.3 is 15.1 Å². The number of unbranched alkanes of at least 4 members (excludes halogenated alkanes) is 1. The second-order valence-electron chi connectivity index (χ2n) is 7.67. The molecule has 3 rings (SSSR count). The monoisotopic (exact) mass is 393 g/mol. The topological polar surface area (TPSA) is 52.7 Å². The number of benzene rings is 2. The number of hydrogen-bond acceptors (Lipinski definition) is 3. The average molecular weight is 394 g/mol. The second kappa shape index (κ2) is 10.1. The minimum Gasteiger partial charge on any atom is -0.368 e. The molecule has 0 saturated carbocycles. The van der Waals surface area contributed by atoms with Crippen LogP contribution in [0.4, 0.5) is 11.4 Å². The second-order valence-corrected chi connectivity index (χ2v) is 7.67. The predicted molar refractivity (Wildman–Crippen MR) is 118 cm³/mol. The fraction of sp³-hybridized carbons (Fsp3) is 0.417. The first-order valence-electron chi connectivity index (χ1n) is 10.5. The number of piperazine rings is 1. The minimum atomic E-state index is 0.0698. The maximum atomic E-state index is 12.7. The normalized spacial score (nSPS) is 14.0. The molecule has 1 heterocycles. The predicted octanol–water partition coefficient (Wildman–Crippen LogP) is 4.02. The molecule has 1 N–H and O–H groups in total. The summed E-state index contributed by atoms with van der Waals surface area (Å²) in [6.07, 6.45) is 2.97. The Morgan fingerprint density at radius 3 is 2.31 bits per heavy atom. The summed E-state index contributed by atoms with van der Waals surface area (Å²) in [7, 11) is 0. The van der Waals surface area contributed by atoms with Crippen molar-refractivity contribution in [2.45, 2.75) is 39.5 Å². The Morgan fingerprint density at radius 1 is 0.966 bits per heavy atom. The molecule has 5 nitrogen and oxygen atoms in total. The number of amides is 2. The maximum absolute atomic E-state index is 12.7. The summed E-state index contributed by atoms with van der Waals surface area (Å²) in [4.78, 5) is 28.8. The molecule has 1 saturated heterocycles. The maximum Gasteiger partial charge on any atom is 0.227 e. The van der Waals surface area contributed by atoms with Gasteiger partial charge in [-0.05, 0) is 48.7 Å². The molecule has 0 aliphatic carbocycles. The molecule has 2 aromatic rings. The van der Waals surface area contributed by atoms with Gasteiger partial charge in [0, 0.05) is 44.0 Å². The summed E-state index contributed by atoms with van der Waals surface area (Å²) in [5.74, 6) is 0.268. The van der Waals surface area contributed by atoms with Crippen molar-refractivity contribution in [1.82, 2.24) is 4.90 Å². The lowest BCUT2D eigenvalue weighted by Crippen LogP contribution is -2.49. The highest BCUT2D eigenvalue weighted by atomic mass is 16.2. The van der Waals surface area contributed by atoms with E-state index in [0.717, 1.165) is 56.0 Å². The van der Waals surface area contributed by atoms with E-state index < -0.39 is 0 Å². The number of rotatable bonds is 7. The van der Waals surface area contributed by atoms with E-state index in [9.17, 15) is 9.59 Å². The van der Waals surface area contributed by atoms with E-state index in [1.165, 1.54) is 5.56 Å². The van der Waals surface area contributed by atoms with Gasteiger partial charge in [0.25, 0.3) is 0 Å². The molecule has 0 radical (unpaired) electrons. The van der Waals surface area contributed by atoms with E-state index in [4.69, 9.17) is 0 Å². The molecule has 0 unspecified atom stereocenters. The highest BCUT2D eigenvalue weighted by Crippen LogP contribution is 2.20. The first-order valence-corrected chi connectivity index (χ1v) is 10.5. The number of hydrogen-bond donors (Lipinski definition) is 1. The van der Waals surface area contributed by atoms with Crippen molar-refractivity contribution < 1.29 is 9.59 Å². The van der Waals surface area contributed by atoms with Gasteiger partial charge in [-0.2, -0.15) is 0 Å². The number of carbonyl (C=O) groups excluding carboxylic acids is 2. The van der Waals surface area contributed by atoms with Gasteiger partial charge in [0.2, 0.25) is 11.8 Å². The number of nitrogens with one attached hydrogen (secondary N) is 1. The molecule has 29 heavy (non-hydrogen) atoms. The summed E-state index contributed by atoms with van der Waals surface area (Å²) >= 11 is 0. The fourth-order valence-corrected chi connectivity index (χ4v) is 3.61. The Balaban J connectivity index is 1.49. The molecule has 0 spiro atoms. The van der Waals surface area contributed by atoms with Crippen molar-refractivity contribution in [3.05, 3.63) is 59.7 Å². The summed E-state index contributed by atoms with van der Waals surface area (Å²) in [6.45, 7) is 7.25. The quantitative estimate of drug-likeness (QED) is 0.773. The molecule has 1 aliphatic rings. The Labute approximate surface area is 173 Å². The largest absolute Gasteiger partial charge is 0.368 e. The van der Waals surface area contributed by atoms with Gasteiger partial charge in [-0.1, -0.05) is 37.6 Å². The minimum absolute atomic E-state index is 0.0698. The molecule has 0 bridgehead atoms. The third kappa shape index (κ3) is 5.83. The molecule has 1 fully saturated rings. The van der Waals surface area contributed by atoms with Gasteiger partial charge in [0.1, 0.15) is 0 Å².